The fraction of sp³-hybridized carbons (Fsp3) is 0.368. The van der Waals surface area contributed by atoms with Crippen molar-refractivity contribution >= 4 is 0 Å². The third kappa shape index (κ3) is 3.89. The van der Waals surface area contributed by atoms with E-state index in [4.69, 9.17) is 18.9 Å². The fourth-order valence-corrected chi connectivity index (χ4v) is 2.64. The second-order valence-electron chi connectivity index (χ2n) is 5.41. The van der Waals surface area contributed by atoms with Gasteiger partial charge in [0.1, 0.15) is 0 Å². The molecule has 2 aromatic carbocycles. The van der Waals surface area contributed by atoms with Crippen molar-refractivity contribution in [3.63, 3.8) is 0 Å². The minimum atomic E-state index is 0.341. The molecule has 0 N–H and O–H groups in total. The maximum Gasteiger partial charge on any atom is 0.160 e. The van der Waals surface area contributed by atoms with Crippen molar-refractivity contribution < 1.29 is 18.9 Å². The van der Waals surface area contributed by atoms with Gasteiger partial charge in [-0.15, -0.1) is 0 Å². The molecule has 0 saturated carbocycles. The number of benzene rings is 2. The van der Waals surface area contributed by atoms with E-state index in [0.29, 0.717) is 5.92 Å². The van der Waals surface area contributed by atoms with Crippen molar-refractivity contribution in [3.8, 4) is 23.0 Å². The SMILES string of the molecule is COc1ccc(CC(C)c2ccc(OC)c(OC)c2)cc1OC. The summed E-state index contributed by atoms with van der Waals surface area (Å²) in [4.78, 5) is 0. The first-order chi connectivity index (χ1) is 11.1. The van der Waals surface area contributed by atoms with Crippen molar-refractivity contribution in [2.45, 2.75) is 19.3 Å². The minimum Gasteiger partial charge on any atom is -0.493 e. The molecule has 0 aliphatic carbocycles. The Bertz CT molecular complexity index is 652. The van der Waals surface area contributed by atoms with E-state index in [1.165, 1.54) is 11.1 Å². The molecule has 2 aromatic rings. The number of rotatable bonds is 7. The van der Waals surface area contributed by atoms with Crippen molar-refractivity contribution in [1.82, 2.24) is 0 Å². The highest BCUT2D eigenvalue weighted by Gasteiger charge is 2.12. The fourth-order valence-electron chi connectivity index (χ4n) is 2.64. The van der Waals surface area contributed by atoms with Crippen molar-refractivity contribution in [3.05, 3.63) is 47.5 Å². The van der Waals surface area contributed by atoms with Crippen LogP contribution in [0, 0.1) is 0 Å². The van der Waals surface area contributed by atoms with Crippen LogP contribution in [0.2, 0.25) is 0 Å². The number of ether oxygens (including phenoxy) is 4. The van der Waals surface area contributed by atoms with Crippen LogP contribution >= 0.6 is 0 Å². The molecule has 0 bridgehead atoms. The van der Waals surface area contributed by atoms with E-state index in [0.717, 1.165) is 29.4 Å². The quantitative estimate of drug-likeness (QED) is 0.771. The first-order valence-corrected chi connectivity index (χ1v) is 7.55. The standard InChI is InChI=1S/C19H24O4/c1-13(15-7-9-17(21-3)19(12-15)23-5)10-14-6-8-16(20-2)18(11-14)22-4/h6-9,11-13H,10H2,1-5H3. The van der Waals surface area contributed by atoms with Crippen LogP contribution in [0.1, 0.15) is 24.0 Å². The zero-order valence-corrected chi connectivity index (χ0v) is 14.4. The Balaban J connectivity index is 2.20. The molecule has 0 heterocycles. The third-order valence-electron chi connectivity index (χ3n) is 3.97. The highest BCUT2D eigenvalue weighted by Crippen LogP contribution is 2.33. The number of hydrogen-bond acceptors (Lipinski definition) is 4. The summed E-state index contributed by atoms with van der Waals surface area (Å²) in [6.45, 7) is 2.19. The molecule has 0 aromatic heterocycles. The second kappa shape index (κ2) is 7.77. The van der Waals surface area contributed by atoms with Crippen LogP contribution in [0.5, 0.6) is 23.0 Å². The van der Waals surface area contributed by atoms with Crippen molar-refractivity contribution in [2.75, 3.05) is 28.4 Å². The molecule has 1 unspecified atom stereocenters. The first-order valence-electron chi connectivity index (χ1n) is 7.55. The van der Waals surface area contributed by atoms with E-state index in [2.05, 4.69) is 19.1 Å². The molecule has 0 spiro atoms. The summed E-state index contributed by atoms with van der Waals surface area (Å²) in [5, 5.41) is 0. The van der Waals surface area contributed by atoms with Gasteiger partial charge in [-0.2, -0.15) is 0 Å². The zero-order chi connectivity index (χ0) is 16.8. The molecule has 1 atom stereocenters. The van der Waals surface area contributed by atoms with Crippen LogP contribution in [0.15, 0.2) is 36.4 Å². The van der Waals surface area contributed by atoms with Crippen LogP contribution in [0.3, 0.4) is 0 Å². The summed E-state index contributed by atoms with van der Waals surface area (Å²) in [6, 6.07) is 12.1. The predicted molar refractivity (Wildman–Crippen MR) is 91.2 cm³/mol. The maximum atomic E-state index is 5.38. The Kier molecular flexibility index (Phi) is 5.74. The van der Waals surface area contributed by atoms with Gasteiger partial charge in [-0.3, -0.25) is 0 Å². The summed E-state index contributed by atoms with van der Waals surface area (Å²) in [7, 11) is 6.59. The van der Waals surface area contributed by atoms with Crippen LogP contribution in [-0.2, 0) is 6.42 Å². The van der Waals surface area contributed by atoms with Crippen LogP contribution < -0.4 is 18.9 Å². The van der Waals surface area contributed by atoms with E-state index in [-0.39, 0.29) is 0 Å². The molecule has 23 heavy (non-hydrogen) atoms. The number of methoxy groups -OCH3 is 4. The lowest BCUT2D eigenvalue weighted by Crippen LogP contribution is -2.01. The van der Waals surface area contributed by atoms with Crippen LogP contribution in [-0.4, -0.2) is 28.4 Å². The Labute approximate surface area is 137 Å². The molecular weight excluding hydrogens is 292 g/mol. The predicted octanol–water partition coefficient (Wildman–Crippen LogP) is 4.07. The Morgan fingerprint density at radius 1 is 0.696 bits per heavy atom. The summed E-state index contributed by atoms with van der Waals surface area (Å²) in [6.07, 6.45) is 0.899. The molecule has 0 amide bonds. The average molecular weight is 316 g/mol. The molecule has 2 rings (SSSR count). The minimum absolute atomic E-state index is 0.341. The van der Waals surface area contributed by atoms with Gasteiger partial charge in [0.05, 0.1) is 28.4 Å². The number of hydrogen-bond donors (Lipinski definition) is 0. The zero-order valence-electron chi connectivity index (χ0n) is 14.4. The topological polar surface area (TPSA) is 36.9 Å². The lowest BCUT2D eigenvalue weighted by atomic mass is 9.93. The van der Waals surface area contributed by atoms with Gasteiger partial charge in [-0.1, -0.05) is 19.1 Å². The lowest BCUT2D eigenvalue weighted by Gasteiger charge is -2.16. The van der Waals surface area contributed by atoms with Gasteiger partial charge in [0.25, 0.3) is 0 Å². The van der Waals surface area contributed by atoms with Gasteiger partial charge >= 0.3 is 0 Å². The van der Waals surface area contributed by atoms with Crippen LogP contribution in [0.25, 0.3) is 0 Å². The molecule has 0 fully saturated rings. The Morgan fingerprint density at radius 2 is 1.22 bits per heavy atom. The molecule has 0 aliphatic rings. The summed E-state index contributed by atoms with van der Waals surface area (Å²) < 4.78 is 21.3. The summed E-state index contributed by atoms with van der Waals surface area (Å²) in [5.74, 6) is 3.34. The Hall–Kier alpha value is -2.36. The molecule has 4 nitrogen and oxygen atoms in total. The van der Waals surface area contributed by atoms with Gasteiger partial charge in [-0.25, -0.2) is 0 Å². The Morgan fingerprint density at radius 3 is 1.78 bits per heavy atom. The highest BCUT2D eigenvalue weighted by molar-refractivity contribution is 5.45. The third-order valence-corrected chi connectivity index (χ3v) is 3.97. The highest BCUT2D eigenvalue weighted by atomic mass is 16.5. The smallest absolute Gasteiger partial charge is 0.160 e. The van der Waals surface area contributed by atoms with E-state index in [1.54, 1.807) is 28.4 Å². The molecule has 4 heteroatoms. The monoisotopic (exact) mass is 316 g/mol. The van der Waals surface area contributed by atoms with E-state index in [1.807, 2.05) is 24.3 Å². The summed E-state index contributed by atoms with van der Waals surface area (Å²) in [5.41, 5.74) is 2.40. The van der Waals surface area contributed by atoms with Crippen molar-refractivity contribution in [1.29, 1.82) is 0 Å². The summed E-state index contributed by atoms with van der Waals surface area (Å²) >= 11 is 0. The molecule has 0 radical (unpaired) electrons. The molecule has 124 valence electrons. The van der Waals surface area contributed by atoms with E-state index in [9.17, 15) is 0 Å². The van der Waals surface area contributed by atoms with Gasteiger partial charge in [0.2, 0.25) is 0 Å². The van der Waals surface area contributed by atoms with Gasteiger partial charge in [0, 0.05) is 0 Å². The van der Waals surface area contributed by atoms with Gasteiger partial charge in [-0.05, 0) is 47.7 Å². The molecular formula is C19H24O4. The average Bonchev–Trinajstić information content (AvgIpc) is 2.60. The normalized spacial score (nSPS) is 11.7. The molecule has 0 saturated heterocycles. The lowest BCUT2D eigenvalue weighted by molar-refractivity contribution is 0.354. The maximum absolute atomic E-state index is 5.38. The second-order valence-corrected chi connectivity index (χ2v) is 5.41. The van der Waals surface area contributed by atoms with Crippen LogP contribution in [0.4, 0.5) is 0 Å². The van der Waals surface area contributed by atoms with E-state index >= 15 is 0 Å². The van der Waals surface area contributed by atoms with Gasteiger partial charge in [0.15, 0.2) is 23.0 Å². The first kappa shape index (κ1) is 17.0. The van der Waals surface area contributed by atoms with E-state index < -0.39 is 0 Å². The largest absolute Gasteiger partial charge is 0.493 e. The molecule has 0 aliphatic heterocycles. The van der Waals surface area contributed by atoms with Gasteiger partial charge < -0.3 is 18.9 Å². The van der Waals surface area contributed by atoms with Crippen molar-refractivity contribution in [2.24, 2.45) is 0 Å².